The monoisotopic (exact) mass is 394 g/mol. The van der Waals surface area contributed by atoms with E-state index in [0.717, 1.165) is 4.90 Å². The van der Waals surface area contributed by atoms with Gasteiger partial charge in [0.15, 0.2) is 0 Å². The van der Waals surface area contributed by atoms with Gasteiger partial charge in [-0.15, -0.1) is 0 Å². The second-order valence-corrected chi connectivity index (χ2v) is 6.63. The third kappa shape index (κ3) is 3.31. The number of amides is 1. The normalized spacial score (nSPS) is 18.8. The molecule has 28 heavy (non-hydrogen) atoms. The van der Waals surface area contributed by atoms with Crippen molar-refractivity contribution in [3.8, 4) is 5.75 Å². The van der Waals surface area contributed by atoms with Crippen LogP contribution in [-0.2, 0) is 4.79 Å². The molecule has 2 aromatic rings. The molecule has 1 aliphatic heterocycles. The van der Waals surface area contributed by atoms with Crippen LogP contribution in [0.1, 0.15) is 18.4 Å². The predicted octanol–water partition coefficient (Wildman–Crippen LogP) is 4.45. The molecule has 1 unspecified atom stereocenters. The molecule has 1 amide bonds. The highest BCUT2D eigenvalue weighted by atomic mass is 35.5. The zero-order valence-electron chi connectivity index (χ0n) is 15.2. The number of carbonyl (C=O) groups is 1. The summed E-state index contributed by atoms with van der Waals surface area (Å²) in [6.07, 6.45) is 0. The van der Waals surface area contributed by atoms with Crippen molar-refractivity contribution < 1.29 is 14.6 Å². The molecule has 6 nitrogen and oxygen atoms in total. The maximum atomic E-state index is 13.2. The van der Waals surface area contributed by atoms with Crippen LogP contribution in [0.5, 0.6) is 5.75 Å². The minimum Gasteiger partial charge on any atom is -0.763 e. The Kier molecular flexibility index (Phi) is 5.36. The van der Waals surface area contributed by atoms with Gasteiger partial charge >= 0.3 is 0 Å². The minimum atomic E-state index is -0.846. The fourth-order valence-corrected chi connectivity index (χ4v) is 3.32. The van der Waals surface area contributed by atoms with Crippen molar-refractivity contribution in [1.29, 1.82) is 5.41 Å². The Morgan fingerprint density at radius 3 is 2.32 bits per heavy atom. The summed E-state index contributed by atoms with van der Waals surface area (Å²) < 4.78 is 5.12. The number of aliphatic hydroxyl groups is 1. The van der Waals surface area contributed by atoms with Gasteiger partial charge in [0.05, 0.1) is 30.0 Å². The molecule has 1 heterocycles. The summed E-state index contributed by atoms with van der Waals surface area (Å²) >= 11 is 5.94. The van der Waals surface area contributed by atoms with Gasteiger partial charge in [-0.1, -0.05) is 23.7 Å². The van der Waals surface area contributed by atoms with Crippen molar-refractivity contribution in [2.45, 2.75) is 12.8 Å². The van der Waals surface area contributed by atoms with E-state index in [-0.39, 0.29) is 22.7 Å². The van der Waals surface area contributed by atoms with Gasteiger partial charge < -0.3 is 15.3 Å². The molecule has 142 valence electrons. The van der Waals surface area contributed by atoms with Crippen LogP contribution in [-0.4, -0.2) is 29.8 Å². The molecule has 1 fully saturated rings. The van der Waals surface area contributed by atoms with Gasteiger partial charge in [-0.25, -0.2) is 0 Å². The molecular weight excluding hydrogens is 378 g/mol. The number of carbonyl (C=O) groups excluding carboxylic acids is 1. The smallest absolute Gasteiger partial charge is 0.264 e. The van der Waals surface area contributed by atoms with Gasteiger partial charge in [-0.05, 0) is 48.9 Å². The number of rotatable bonds is 3. The minimum absolute atomic E-state index is 0.0469. The Morgan fingerprint density at radius 2 is 1.82 bits per heavy atom. The highest BCUT2D eigenvalue weighted by Gasteiger charge is 2.41. The topological polar surface area (TPSA) is 95.9 Å². The first-order valence-electron chi connectivity index (χ1n) is 8.38. The number of nitrogens with one attached hydrogen (secondary N) is 1. The molecule has 3 rings (SSSR count). The highest BCUT2D eigenvalue weighted by molar-refractivity contribution is 6.33. The standard InChI is InChI=1S/C21H17ClN3O3/c1-12(26)18-19(13-3-5-14(22)6-4-13)17(11-23)20(24)25(21(18)27)15-7-9-16(28-2)10-8-15/h3-10,19,24,26H,1-2H3/q-1/b18-12+,24-20?. The molecule has 0 bridgehead atoms. The Morgan fingerprint density at radius 1 is 1.21 bits per heavy atom. The fourth-order valence-electron chi connectivity index (χ4n) is 3.19. The zero-order valence-corrected chi connectivity index (χ0v) is 16.0. The second-order valence-electron chi connectivity index (χ2n) is 6.20. The van der Waals surface area contributed by atoms with Crippen molar-refractivity contribution in [3.05, 3.63) is 81.4 Å². The van der Waals surface area contributed by atoms with Crippen LogP contribution in [0.2, 0.25) is 5.02 Å². The van der Waals surface area contributed by atoms with Crippen molar-refractivity contribution in [2.24, 2.45) is 0 Å². The van der Waals surface area contributed by atoms with Crippen LogP contribution < -0.4 is 9.64 Å². The number of hydrogen-bond acceptors (Lipinski definition) is 4. The molecule has 1 aliphatic rings. The number of piperidine rings is 1. The van der Waals surface area contributed by atoms with Crippen molar-refractivity contribution in [1.82, 2.24) is 0 Å². The number of aliphatic hydroxyl groups excluding tert-OH is 1. The molecule has 2 N–H and O–H groups in total. The molecule has 0 aromatic heterocycles. The summed E-state index contributed by atoms with van der Waals surface area (Å²) in [6, 6.07) is 13.2. The lowest BCUT2D eigenvalue weighted by atomic mass is 9.79. The first kappa shape index (κ1) is 19.4. The van der Waals surface area contributed by atoms with E-state index in [4.69, 9.17) is 21.7 Å². The van der Waals surface area contributed by atoms with Crippen molar-refractivity contribution in [2.75, 3.05) is 12.0 Å². The number of halogens is 1. The lowest BCUT2D eigenvalue weighted by Gasteiger charge is -2.36. The number of anilines is 1. The SMILES string of the molecule is COc1ccc(N2C(=N)C(=C=[N-])C(c3ccc(Cl)cc3)/C(=C(/C)O)C2=O)cc1. The number of ether oxygens (including phenoxy) is 1. The third-order valence-corrected chi connectivity index (χ3v) is 4.79. The molecule has 0 spiro atoms. The molecule has 7 heteroatoms. The van der Waals surface area contributed by atoms with Crippen molar-refractivity contribution >= 4 is 34.9 Å². The van der Waals surface area contributed by atoms with Crippen LogP contribution in [0.4, 0.5) is 5.69 Å². The maximum Gasteiger partial charge on any atom is 0.264 e. The Balaban J connectivity index is 2.16. The van der Waals surface area contributed by atoms with E-state index in [1.807, 2.05) is 5.87 Å². The van der Waals surface area contributed by atoms with Crippen LogP contribution in [0, 0.1) is 5.41 Å². The van der Waals surface area contributed by atoms with Gasteiger partial charge in [-0.3, -0.25) is 21.0 Å². The van der Waals surface area contributed by atoms with E-state index in [1.54, 1.807) is 48.5 Å². The fraction of sp³-hybridized carbons (Fsp3) is 0.143. The number of nitrogens with zero attached hydrogens (tertiary/aromatic N) is 2. The van der Waals surface area contributed by atoms with Gasteiger partial charge in [-0.2, -0.15) is 0 Å². The summed E-state index contributed by atoms with van der Waals surface area (Å²) in [6.45, 7) is 1.40. The summed E-state index contributed by atoms with van der Waals surface area (Å²) in [5, 5.41) is 29.0. The molecule has 1 atom stereocenters. The van der Waals surface area contributed by atoms with Crippen LogP contribution in [0.25, 0.3) is 5.41 Å². The summed E-state index contributed by atoms with van der Waals surface area (Å²) in [5.74, 6) is 0.789. The summed E-state index contributed by atoms with van der Waals surface area (Å²) in [5.41, 5.74) is 1.10. The van der Waals surface area contributed by atoms with E-state index in [0.29, 0.717) is 22.0 Å². The Hall–Kier alpha value is -3.34. The van der Waals surface area contributed by atoms with E-state index in [2.05, 4.69) is 0 Å². The third-order valence-electron chi connectivity index (χ3n) is 4.53. The lowest BCUT2D eigenvalue weighted by Crippen LogP contribution is -2.46. The largest absolute Gasteiger partial charge is 0.763 e. The van der Waals surface area contributed by atoms with E-state index >= 15 is 0 Å². The molecule has 1 saturated heterocycles. The van der Waals surface area contributed by atoms with Crippen molar-refractivity contribution in [3.63, 3.8) is 0 Å². The maximum absolute atomic E-state index is 13.2. The number of allylic oxidation sites excluding steroid dienone is 1. The highest BCUT2D eigenvalue weighted by Crippen LogP contribution is 2.40. The van der Waals surface area contributed by atoms with E-state index in [9.17, 15) is 15.3 Å². The zero-order chi connectivity index (χ0) is 20.4. The molecule has 0 radical (unpaired) electrons. The number of amidine groups is 1. The second kappa shape index (κ2) is 7.72. The van der Waals surface area contributed by atoms with Gasteiger partial charge in [0.25, 0.3) is 5.91 Å². The van der Waals surface area contributed by atoms with E-state index < -0.39 is 11.8 Å². The number of methoxy groups -OCH3 is 1. The lowest BCUT2D eigenvalue weighted by molar-refractivity contribution is -0.114. The van der Waals surface area contributed by atoms with Gasteiger partial charge in [0.1, 0.15) is 11.6 Å². The quantitative estimate of drug-likeness (QED) is 0.457. The molecule has 2 aromatic carbocycles. The average molecular weight is 395 g/mol. The van der Waals surface area contributed by atoms with E-state index in [1.165, 1.54) is 14.0 Å². The number of hydrogen-bond donors (Lipinski definition) is 2. The Bertz CT molecular complexity index is 1020. The summed E-state index contributed by atoms with van der Waals surface area (Å²) in [7, 11) is 1.53. The summed E-state index contributed by atoms with van der Waals surface area (Å²) in [4.78, 5) is 14.3. The Labute approximate surface area is 167 Å². The molecule has 0 aliphatic carbocycles. The van der Waals surface area contributed by atoms with Crippen LogP contribution in [0.3, 0.4) is 0 Å². The predicted molar refractivity (Wildman–Crippen MR) is 110 cm³/mol. The first-order valence-corrected chi connectivity index (χ1v) is 8.76. The van der Waals surface area contributed by atoms with Gasteiger partial charge in [0.2, 0.25) is 0 Å². The average Bonchev–Trinajstić information content (AvgIpc) is 2.68. The molecule has 0 saturated carbocycles. The first-order chi connectivity index (χ1) is 13.4. The van der Waals surface area contributed by atoms with Gasteiger partial charge in [0, 0.05) is 10.6 Å². The van der Waals surface area contributed by atoms with Crippen LogP contribution in [0.15, 0.2) is 65.4 Å². The molecular formula is C21H17ClN3O3-. The number of benzene rings is 2. The van der Waals surface area contributed by atoms with Crippen LogP contribution >= 0.6 is 11.6 Å².